The Hall–Kier alpha value is -4.68. The van der Waals surface area contributed by atoms with Gasteiger partial charge in [0.15, 0.2) is 11.4 Å². The Morgan fingerprint density at radius 3 is 2.46 bits per heavy atom. The molecule has 1 saturated heterocycles. The molecule has 3 atom stereocenters. The fourth-order valence-corrected chi connectivity index (χ4v) is 8.20. The zero-order valence-corrected chi connectivity index (χ0v) is 31.3. The number of nitrogens with zero attached hydrogens (tertiary/aromatic N) is 4. The third-order valence-corrected chi connectivity index (χ3v) is 11.6. The van der Waals surface area contributed by atoms with Gasteiger partial charge in [0.2, 0.25) is 0 Å². The van der Waals surface area contributed by atoms with Crippen molar-refractivity contribution in [2.24, 2.45) is 5.92 Å². The lowest BCUT2D eigenvalue weighted by atomic mass is 9.77. The smallest absolute Gasteiger partial charge is 0.278 e. The van der Waals surface area contributed by atoms with Gasteiger partial charge in [0.1, 0.15) is 19.2 Å². The minimum atomic E-state index is -4.64. The normalized spacial score (nSPS) is 15.9. The molecule has 1 amide bonds. The van der Waals surface area contributed by atoms with Crippen molar-refractivity contribution in [3.05, 3.63) is 129 Å². The van der Waals surface area contributed by atoms with Crippen molar-refractivity contribution in [3.63, 3.8) is 0 Å². The van der Waals surface area contributed by atoms with Crippen molar-refractivity contribution < 1.29 is 31.6 Å². The summed E-state index contributed by atoms with van der Waals surface area (Å²) in [5.41, 5.74) is 1.01. The molecule has 1 aromatic heterocycles. The maximum Gasteiger partial charge on any atom is 0.278 e. The van der Waals surface area contributed by atoms with Crippen LogP contribution in [-0.4, -0.2) is 66.6 Å². The molecule has 4 aromatic rings. The van der Waals surface area contributed by atoms with E-state index in [1.54, 1.807) is 30.3 Å². The first-order valence-electron chi connectivity index (χ1n) is 17.1. The first-order valence-corrected chi connectivity index (χ1v) is 22.4. The molecule has 0 radical (unpaired) electrons. The standard InChI is InChI=1S/C38H43FN4O7SSi/c1-52(2,3)20-19-49-26-42-23-34(50-24-28-9-5-4-6-10-28)37(44)36(41-42)38(45)43-18-8-13-33(43)32(25-51(46,47)48)35(30-11-7-12-31(39)21-30)29-16-14-27(22-40)15-17-29/h4-7,9-12,14-17,21,23,32-33,35H,8,13,18-20,24-26H2,1-3H3,(H,46,47,48)/t32-,33+,35+/m0/s1. The van der Waals surface area contributed by atoms with Gasteiger partial charge in [-0.2, -0.15) is 18.8 Å². The van der Waals surface area contributed by atoms with E-state index in [0.29, 0.717) is 36.1 Å². The summed E-state index contributed by atoms with van der Waals surface area (Å²) in [6.07, 6.45) is 2.22. The zero-order chi connectivity index (χ0) is 37.5. The summed E-state index contributed by atoms with van der Waals surface area (Å²) in [5, 5.41) is 13.8. The number of carbonyl (C=O) groups excluding carboxylic acids is 1. The molecule has 14 heteroatoms. The van der Waals surface area contributed by atoms with Crippen LogP contribution in [-0.2, 0) is 28.2 Å². The van der Waals surface area contributed by atoms with E-state index in [2.05, 4.69) is 30.8 Å². The molecule has 52 heavy (non-hydrogen) atoms. The van der Waals surface area contributed by atoms with Crippen molar-refractivity contribution in [1.82, 2.24) is 14.7 Å². The number of likely N-dealkylation sites (tertiary alicyclic amines) is 1. The topological polar surface area (TPSA) is 152 Å². The van der Waals surface area contributed by atoms with Gasteiger partial charge in [0.05, 0.1) is 23.6 Å². The Kier molecular flexibility index (Phi) is 12.4. The highest BCUT2D eigenvalue weighted by Crippen LogP contribution is 2.40. The monoisotopic (exact) mass is 746 g/mol. The lowest BCUT2D eigenvalue weighted by Crippen LogP contribution is -2.46. The predicted octanol–water partition coefficient (Wildman–Crippen LogP) is 6.09. The number of hydrogen-bond acceptors (Lipinski definition) is 8. The highest BCUT2D eigenvalue weighted by Gasteiger charge is 2.43. The minimum Gasteiger partial charge on any atom is -0.483 e. The lowest BCUT2D eigenvalue weighted by molar-refractivity contribution is 0.0644. The van der Waals surface area contributed by atoms with Crippen molar-refractivity contribution >= 4 is 24.1 Å². The molecular weight excluding hydrogens is 704 g/mol. The molecule has 274 valence electrons. The van der Waals surface area contributed by atoms with Crippen LogP contribution in [0.15, 0.2) is 89.9 Å². The summed E-state index contributed by atoms with van der Waals surface area (Å²) in [6.45, 7) is 7.34. The Bertz CT molecular complexity index is 2070. The number of aromatic nitrogens is 2. The zero-order valence-electron chi connectivity index (χ0n) is 29.4. The Morgan fingerprint density at radius 1 is 1.08 bits per heavy atom. The molecule has 0 saturated carbocycles. The fourth-order valence-electron chi connectivity index (χ4n) is 6.54. The van der Waals surface area contributed by atoms with Crippen molar-refractivity contribution in [2.45, 2.75) is 63.8 Å². The molecule has 0 spiro atoms. The predicted molar refractivity (Wildman–Crippen MR) is 197 cm³/mol. The van der Waals surface area contributed by atoms with Gasteiger partial charge in [0, 0.05) is 39.1 Å². The maximum atomic E-state index is 14.7. The van der Waals surface area contributed by atoms with Crippen LogP contribution in [0.1, 0.15) is 51.5 Å². The molecule has 2 heterocycles. The van der Waals surface area contributed by atoms with E-state index < -0.39 is 64.7 Å². The molecule has 1 aliphatic heterocycles. The molecule has 1 N–H and O–H groups in total. The summed E-state index contributed by atoms with van der Waals surface area (Å²) in [6, 6.07) is 23.5. The van der Waals surface area contributed by atoms with E-state index in [-0.39, 0.29) is 25.6 Å². The van der Waals surface area contributed by atoms with Crippen molar-refractivity contribution in [1.29, 1.82) is 5.26 Å². The Morgan fingerprint density at radius 2 is 1.81 bits per heavy atom. The average molecular weight is 747 g/mol. The van der Waals surface area contributed by atoms with E-state index in [9.17, 15) is 32.2 Å². The van der Waals surface area contributed by atoms with Gasteiger partial charge in [-0.1, -0.05) is 74.2 Å². The first kappa shape index (κ1) is 38.5. The molecular formula is C38H43FN4O7SSi. The van der Waals surface area contributed by atoms with Gasteiger partial charge < -0.3 is 14.4 Å². The first-order chi connectivity index (χ1) is 24.7. The van der Waals surface area contributed by atoms with E-state index >= 15 is 0 Å². The third-order valence-electron chi connectivity index (χ3n) is 9.09. The Labute approximate surface area is 304 Å². The van der Waals surface area contributed by atoms with Gasteiger partial charge in [-0.05, 0) is 59.8 Å². The van der Waals surface area contributed by atoms with Crippen LogP contribution in [0.3, 0.4) is 0 Å². The lowest BCUT2D eigenvalue weighted by Gasteiger charge is -2.36. The van der Waals surface area contributed by atoms with Crippen molar-refractivity contribution in [3.8, 4) is 11.8 Å². The summed E-state index contributed by atoms with van der Waals surface area (Å²) in [7, 11) is -6.04. The highest BCUT2D eigenvalue weighted by atomic mass is 32.2. The number of rotatable bonds is 15. The number of ether oxygens (including phenoxy) is 2. The largest absolute Gasteiger partial charge is 0.483 e. The van der Waals surface area contributed by atoms with Gasteiger partial charge in [-0.3, -0.25) is 14.1 Å². The highest BCUT2D eigenvalue weighted by molar-refractivity contribution is 7.85. The summed E-state index contributed by atoms with van der Waals surface area (Å²) in [4.78, 5) is 29.8. The number of halogens is 1. The number of carbonyl (C=O) groups is 1. The van der Waals surface area contributed by atoms with E-state index in [1.165, 1.54) is 34.0 Å². The molecule has 11 nitrogen and oxygen atoms in total. The maximum absolute atomic E-state index is 14.7. The van der Waals surface area contributed by atoms with Crippen molar-refractivity contribution in [2.75, 3.05) is 18.9 Å². The van der Waals surface area contributed by atoms with Crippen LogP contribution in [0, 0.1) is 23.1 Å². The average Bonchev–Trinajstić information content (AvgIpc) is 3.59. The van der Waals surface area contributed by atoms with Crippen LogP contribution in [0.5, 0.6) is 5.75 Å². The molecule has 0 bridgehead atoms. The van der Waals surface area contributed by atoms with Crippen LogP contribution in [0.25, 0.3) is 0 Å². The number of amides is 1. The van der Waals surface area contributed by atoms with Crippen LogP contribution in [0.4, 0.5) is 4.39 Å². The Balaban J connectivity index is 1.55. The quantitative estimate of drug-likeness (QED) is 0.0866. The van der Waals surface area contributed by atoms with Gasteiger partial charge in [-0.15, -0.1) is 0 Å². The number of benzene rings is 3. The molecule has 1 aliphatic rings. The van der Waals surface area contributed by atoms with E-state index in [4.69, 9.17) is 9.47 Å². The second-order valence-corrected chi connectivity index (χ2v) is 21.3. The fraction of sp³-hybridized carbons (Fsp3) is 0.368. The van der Waals surface area contributed by atoms with Crippen LogP contribution >= 0.6 is 0 Å². The third kappa shape index (κ3) is 10.2. The van der Waals surface area contributed by atoms with Gasteiger partial charge >= 0.3 is 0 Å². The van der Waals surface area contributed by atoms with Crippen LogP contribution in [0.2, 0.25) is 25.7 Å². The molecule has 0 unspecified atom stereocenters. The second kappa shape index (κ2) is 16.8. The van der Waals surface area contributed by atoms with E-state index in [0.717, 1.165) is 11.6 Å². The molecule has 5 rings (SSSR count). The number of nitriles is 1. The number of hydrogen-bond donors (Lipinski definition) is 1. The van der Waals surface area contributed by atoms with Gasteiger partial charge in [0.25, 0.3) is 21.5 Å². The summed E-state index contributed by atoms with van der Waals surface area (Å²) >= 11 is 0. The second-order valence-electron chi connectivity index (χ2n) is 14.2. The SMILES string of the molecule is C[Si](C)(C)CCOCn1cc(OCc2ccccc2)c(=O)c(C(=O)N2CCC[C@@H]2[C@H](CS(=O)(=O)O)[C@H](c2ccc(C#N)cc2)c2cccc(F)c2)n1. The van der Waals surface area contributed by atoms with Gasteiger partial charge in [-0.25, -0.2) is 9.07 Å². The summed E-state index contributed by atoms with van der Waals surface area (Å²) < 4.78 is 63.4. The summed E-state index contributed by atoms with van der Waals surface area (Å²) in [5.74, 6) is -3.95. The molecule has 3 aromatic carbocycles. The minimum absolute atomic E-state index is 0.0398. The van der Waals surface area contributed by atoms with Crippen LogP contribution < -0.4 is 10.2 Å². The van der Waals surface area contributed by atoms with E-state index in [1.807, 2.05) is 30.3 Å². The molecule has 1 fully saturated rings. The molecule has 0 aliphatic carbocycles.